The summed E-state index contributed by atoms with van der Waals surface area (Å²) in [4.78, 5) is 22.3. The van der Waals surface area contributed by atoms with Crippen molar-refractivity contribution in [2.45, 2.75) is 45.6 Å². The van der Waals surface area contributed by atoms with Crippen LogP contribution in [0.3, 0.4) is 0 Å². The smallest absolute Gasteiger partial charge is 0.315 e. The van der Waals surface area contributed by atoms with Crippen LogP contribution in [0.2, 0.25) is 0 Å². The third-order valence-corrected chi connectivity index (χ3v) is 3.21. The predicted molar refractivity (Wildman–Crippen MR) is 73.9 cm³/mol. The number of rotatable bonds is 7. The zero-order valence-electron chi connectivity index (χ0n) is 11.7. The van der Waals surface area contributed by atoms with Gasteiger partial charge < -0.3 is 15.7 Å². The summed E-state index contributed by atoms with van der Waals surface area (Å²) in [6.45, 7) is 5.04. The van der Waals surface area contributed by atoms with Crippen LogP contribution < -0.4 is 10.6 Å². The fourth-order valence-corrected chi connectivity index (χ4v) is 2.09. The quantitative estimate of drug-likeness (QED) is 0.489. The van der Waals surface area contributed by atoms with Crippen molar-refractivity contribution in [1.29, 1.82) is 0 Å². The molecular weight excluding hydrogens is 244 g/mol. The summed E-state index contributed by atoms with van der Waals surface area (Å²) < 4.78 is 0. The van der Waals surface area contributed by atoms with Gasteiger partial charge in [0, 0.05) is 6.54 Å². The van der Waals surface area contributed by atoms with Crippen molar-refractivity contribution in [2.24, 2.45) is 11.8 Å². The standard InChI is InChI=1S/C14H24N2O3/c1-10(2)5-3-4-8-15-14(19)16-12-7-6-11(9-12)13(17)18/h6-7,10-12H,3-5,8-9H2,1-2H3,(H,17,18)(H2,15,16,19). The first-order valence-electron chi connectivity index (χ1n) is 6.94. The molecule has 5 heteroatoms. The van der Waals surface area contributed by atoms with E-state index in [0.717, 1.165) is 12.8 Å². The second-order valence-electron chi connectivity index (χ2n) is 5.46. The van der Waals surface area contributed by atoms with Crippen molar-refractivity contribution in [1.82, 2.24) is 10.6 Å². The Labute approximate surface area is 114 Å². The third kappa shape index (κ3) is 6.27. The molecule has 3 N–H and O–H groups in total. The fraction of sp³-hybridized carbons (Fsp3) is 0.714. The molecule has 0 bridgehead atoms. The topological polar surface area (TPSA) is 78.4 Å². The average Bonchev–Trinajstić information content (AvgIpc) is 2.76. The van der Waals surface area contributed by atoms with Crippen molar-refractivity contribution < 1.29 is 14.7 Å². The lowest BCUT2D eigenvalue weighted by atomic mass is 10.1. The number of urea groups is 1. The molecule has 0 saturated carbocycles. The second kappa shape index (κ2) is 7.81. The summed E-state index contributed by atoms with van der Waals surface area (Å²) in [5.41, 5.74) is 0. The Morgan fingerprint density at radius 3 is 2.63 bits per heavy atom. The summed E-state index contributed by atoms with van der Waals surface area (Å²) >= 11 is 0. The van der Waals surface area contributed by atoms with Crippen LogP contribution in [-0.2, 0) is 4.79 Å². The average molecular weight is 268 g/mol. The zero-order chi connectivity index (χ0) is 14.3. The first kappa shape index (κ1) is 15.5. The molecule has 19 heavy (non-hydrogen) atoms. The van der Waals surface area contributed by atoms with Gasteiger partial charge in [-0.1, -0.05) is 38.8 Å². The minimum atomic E-state index is -0.838. The number of hydrogen-bond acceptors (Lipinski definition) is 2. The first-order chi connectivity index (χ1) is 8.99. The van der Waals surface area contributed by atoms with Crippen molar-refractivity contribution >= 4 is 12.0 Å². The predicted octanol–water partition coefficient (Wildman–Crippen LogP) is 2.14. The Morgan fingerprint density at radius 1 is 1.32 bits per heavy atom. The van der Waals surface area contributed by atoms with E-state index in [0.29, 0.717) is 18.9 Å². The van der Waals surface area contributed by atoms with E-state index in [1.807, 2.05) is 0 Å². The van der Waals surface area contributed by atoms with Gasteiger partial charge in [-0.25, -0.2) is 4.79 Å². The third-order valence-electron chi connectivity index (χ3n) is 3.21. The van der Waals surface area contributed by atoms with E-state index in [1.54, 1.807) is 12.2 Å². The summed E-state index contributed by atoms with van der Waals surface area (Å²) in [6.07, 6.45) is 7.09. The number of hydrogen-bond donors (Lipinski definition) is 3. The van der Waals surface area contributed by atoms with E-state index in [4.69, 9.17) is 5.11 Å². The molecule has 5 nitrogen and oxygen atoms in total. The number of carboxylic acid groups (broad SMARTS) is 1. The maximum atomic E-state index is 11.6. The largest absolute Gasteiger partial charge is 0.481 e. The molecule has 1 aliphatic carbocycles. The van der Waals surface area contributed by atoms with Crippen LogP contribution in [-0.4, -0.2) is 29.7 Å². The normalized spacial score (nSPS) is 21.6. The molecule has 0 saturated heterocycles. The summed E-state index contributed by atoms with van der Waals surface area (Å²) in [7, 11) is 0. The van der Waals surface area contributed by atoms with Crippen LogP contribution in [0.4, 0.5) is 4.79 Å². The van der Waals surface area contributed by atoms with Crippen LogP contribution in [0.1, 0.15) is 39.5 Å². The molecule has 0 radical (unpaired) electrons. The Bertz CT molecular complexity index is 340. The van der Waals surface area contributed by atoms with Gasteiger partial charge in [0.05, 0.1) is 12.0 Å². The number of unbranched alkanes of at least 4 members (excludes halogenated alkanes) is 1. The van der Waals surface area contributed by atoms with Gasteiger partial charge in [0.15, 0.2) is 0 Å². The summed E-state index contributed by atoms with van der Waals surface area (Å²) in [6, 6.07) is -0.387. The highest BCUT2D eigenvalue weighted by atomic mass is 16.4. The van der Waals surface area contributed by atoms with E-state index in [1.165, 1.54) is 6.42 Å². The van der Waals surface area contributed by atoms with Crippen LogP contribution in [0.5, 0.6) is 0 Å². The fourth-order valence-electron chi connectivity index (χ4n) is 2.09. The van der Waals surface area contributed by atoms with E-state index in [-0.39, 0.29) is 12.1 Å². The molecule has 0 spiro atoms. The van der Waals surface area contributed by atoms with Gasteiger partial charge in [0.1, 0.15) is 0 Å². The number of carboxylic acids is 1. The van der Waals surface area contributed by atoms with E-state index >= 15 is 0 Å². The van der Waals surface area contributed by atoms with Gasteiger partial charge in [0.2, 0.25) is 0 Å². The number of aliphatic carboxylic acids is 1. The Morgan fingerprint density at radius 2 is 2.05 bits per heavy atom. The van der Waals surface area contributed by atoms with Gasteiger partial charge in [-0.15, -0.1) is 0 Å². The van der Waals surface area contributed by atoms with Crippen molar-refractivity contribution in [3.63, 3.8) is 0 Å². The van der Waals surface area contributed by atoms with Gasteiger partial charge in [-0.05, 0) is 18.8 Å². The molecule has 108 valence electrons. The molecule has 2 unspecified atom stereocenters. The lowest BCUT2D eigenvalue weighted by Crippen LogP contribution is -2.41. The van der Waals surface area contributed by atoms with Crippen molar-refractivity contribution in [2.75, 3.05) is 6.54 Å². The minimum Gasteiger partial charge on any atom is -0.481 e. The Hall–Kier alpha value is -1.52. The zero-order valence-corrected chi connectivity index (χ0v) is 11.7. The maximum absolute atomic E-state index is 11.6. The highest BCUT2D eigenvalue weighted by Gasteiger charge is 2.25. The van der Waals surface area contributed by atoms with E-state index in [9.17, 15) is 9.59 Å². The van der Waals surface area contributed by atoms with Crippen LogP contribution >= 0.6 is 0 Å². The molecule has 0 aromatic heterocycles. The lowest BCUT2D eigenvalue weighted by molar-refractivity contribution is -0.140. The molecule has 0 aliphatic heterocycles. The Balaban J connectivity index is 2.09. The lowest BCUT2D eigenvalue weighted by Gasteiger charge is -2.13. The molecule has 1 aliphatic rings. The molecule has 1 rings (SSSR count). The summed E-state index contributed by atoms with van der Waals surface area (Å²) in [5.74, 6) is -0.614. The molecule has 0 fully saturated rings. The number of carbonyl (C=O) groups excluding carboxylic acids is 1. The number of nitrogens with one attached hydrogen (secondary N) is 2. The SMILES string of the molecule is CC(C)CCCCNC(=O)NC1C=CC(C(=O)O)C1. The van der Waals surface area contributed by atoms with E-state index < -0.39 is 11.9 Å². The van der Waals surface area contributed by atoms with Gasteiger partial charge in [-0.2, -0.15) is 0 Å². The first-order valence-corrected chi connectivity index (χ1v) is 6.94. The van der Waals surface area contributed by atoms with Crippen molar-refractivity contribution in [3.05, 3.63) is 12.2 Å². The molecule has 0 aromatic rings. The van der Waals surface area contributed by atoms with Crippen LogP contribution in [0.15, 0.2) is 12.2 Å². The molecular formula is C14H24N2O3. The minimum absolute atomic E-state index is 0.170. The van der Waals surface area contributed by atoms with Crippen LogP contribution in [0.25, 0.3) is 0 Å². The number of carbonyl (C=O) groups is 2. The second-order valence-corrected chi connectivity index (χ2v) is 5.46. The molecule has 2 atom stereocenters. The van der Waals surface area contributed by atoms with Gasteiger partial charge in [0.25, 0.3) is 0 Å². The van der Waals surface area contributed by atoms with Gasteiger partial charge >= 0.3 is 12.0 Å². The van der Waals surface area contributed by atoms with Crippen LogP contribution in [0, 0.1) is 11.8 Å². The maximum Gasteiger partial charge on any atom is 0.315 e. The van der Waals surface area contributed by atoms with Crippen molar-refractivity contribution in [3.8, 4) is 0 Å². The highest BCUT2D eigenvalue weighted by Crippen LogP contribution is 2.17. The molecule has 0 aromatic carbocycles. The summed E-state index contributed by atoms with van der Waals surface area (Å²) in [5, 5.41) is 14.4. The van der Waals surface area contributed by atoms with E-state index in [2.05, 4.69) is 24.5 Å². The highest BCUT2D eigenvalue weighted by molar-refractivity contribution is 5.76. The number of amides is 2. The van der Waals surface area contributed by atoms with Gasteiger partial charge in [-0.3, -0.25) is 4.79 Å². The monoisotopic (exact) mass is 268 g/mol. The molecule has 2 amide bonds. The Kier molecular flexibility index (Phi) is 6.39. The molecule has 0 heterocycles.